The van der Waals surface area contributed by atoms with E-state index in [2.05, 4.69) is 25.6 Å². The number of methoxy groups -OCH3 is 1. The van der Waals surface area contributed by atoms with Crippen LogP contribution in [-0.2, 0) is 9.53 Å². The van der Waals surface area contributed by atoms with Gasteiger partial charge in [-0.3, -0.25) is 19.2 Å². The number of H-pyrrole nitrogens is 1. The van der Waals surface area contributed by atoms with Crippen molar-refractivity contribution in [3.05, 3.63) is 57.0 Å². The second-order valence-electron chi connectivity index (χ2n) is 9.12. The molecule has 11 nitrogen and oxygen atoms in total. The highest BCUT2D eigenvalue weighted by atomic mass is 35.5. The van der Waals surface area contributed by atoms with E-state index in [9.17, 15) is 19.2 Å². The molecule has 37 heavy (non-hydrogen) atoms. The Hall–Kier alpha value is -3.99. The van der Waals surface area contributed by atoms with Crippen LogP contribution in [0, 0.1) is 0 Å². The summed E-state index contributed by atoms with van der Waals surface area (Å²) in [6.07, 6.45) is 2.83. The van der Waals surface area contributed by atoms with Crippen molar-refractivity contribution in [1.82, 2.24) is 20.3 Å². The van der Waals surface area contributed by atoms with Crippen LogP contribution in [0.2, 0.25) is 5.02 Å². The summed E-state index contributed by atoms with van der Waals surface area (Å²) in [4.78, 5) is 60.1. The zero-order valence-electron chi connectivity index (χ0n) is 20.9. The molecule has 2 aromatic heterocycles. The van der Waals surface area contributed by atoms with Gasteiger partial charge >= 0.3 is 12.0 Å². The minimum absolute atomic E-state index is 0.0743. The van der Waals surface area contributed by atoms with E-state index in [0.29, 0.717) is 24.8 Å². The third kappa shape index (κ3) is 7.74. The lowest BCUT2D eigenvalue weighted by molar-refractivity contribution is -0.154. The molecular weight excluding hydrogens is 502 g/mol. The SMILES string of the molecule is COc1ncc2cc(C(=O)Nc3cc(C(=O)NCCCCC(=O)OC(C)(C)C)ccc3Cl)c(=O)[nH]c2n1. The summed E-state index contributed by atoms with van der Waals surface area (Å²) < 4.78 is 10.2. The molecule has 0 unspecified atom stereocenters. The third-order valence-electron chi connectivity index (χ3n) is 4.99. The standard InChI is InChI=1S/C25H28ClN5O6/c1-25(2,3)37-19(32)7-5-6-10-27-21(33)14-8-9-17(26)18(12-14)29-22(34)16-11-15-13-28-24(36-4)31-20(15)30-23(16)35/h8-9,11-13H,5-7,10H2,1-4H3,(H,27,33)(H,29,34)(H,28,30,31,35). The van der Waals surface area contributed by atoms with E-state index in [1.165, 1.54) is 37.6 Å². The fourth-order valence-electron chi connectivity index (χ4n) is 3.29. The fraction of sp³-hybridized carbons (Fsp3) is 0.360. The predicted molar refractivity (Wildman–Crippen MR) is 138 cm³/mol. The van der Waals surface area contributed by atoms with E-state index in [4.69, 9.17) is 21.1 Å². The molecule has 0 aliphatic carbocycles. The molecule has 3 rings (SSSR count). The molecule has 0 spiro atoms. The first kappa shape index (κ1) is 27.6. The quantitative estimate of drug-likeness (QED) is 0.281. The third-order valence-corrected chi connectivity index (χ3v) is 5.32. The lowest BCUT2D eigenvalue weighted by atomic mass is 10.1. The molecule has 12 heteroatoms. The van der Waals surface area contributed by atoms with E-state index in [1.54, 1.807) is 20.8 Å². The van der Waals surface area contributed by atoms with Crippen molar-refractivity contribution < 1.29 is 23.9 Å². The Kier molecular flexibility index (Phi) is 8.82. The number of carbonyl (C=O) groups is 3. The van der Waals surface area contributed by atoms with Crippen LogP contribution in [0.5, 0.6) is 6.01 Å². The van der Waals surface area contributed by atoms with Crippen molar-refractivity contribution in [2.75, 3.05) is 19.0 Å². The summed E-state index contributed by atoms with van der Waals surface area (Å²) in [6, 6.07) is 5.83. The first-order chi connectivity index (χ1) is 17.5. The van der Waals surface area contributed by atoms with E-state index in [-0.39, 0.29) is 51.8 Å². The molecule has 0 aliphatic rings. The molecule has 0 aliphatic heterocycles. The van der Waals surface area contributed by atoms with Crippen LogP contribution in [0.3, 0.4) is 0 Å². The summed E-state index contributed by atoms with van der Waals surface area (Å²) in [6.45, 7) is 5.77. The number of hydrogen-bond acceptors (Lipinski definition) is 8. The van der Waals surface area contributed by atoms with Gasteiger partial charge < -0.3 is 25.1 Å². The number of halogens is 1. The molecular formula is C25H28ClN5O6. The van der Waals surface area contributed by atoms with Gasteiger partial charge in [0.05, 0.1) is 17.8 Å². The number of ether oxygens (including phenoxy) is 2. The molecule has 0 fully saturated rings. The van der Waals surface area contributed by atoms with E-state index >= 15 is 0 Å². The number of amides is 2. The maximum Gasteiger partial charge on any atom is 0.318 e. The number of benzene rings is 1. The van der Waals surface area contributed by atoms with Crippen LogP contribution in [0.25, 0.3) is 11.0 Å². The Morgan fingerprint density at radius 2 is 1.86 bits per heavy atom. The van der Waals surface area contributed by atoms with Gasteiger partial charge in [-0.15, -0.1) is 0 Å². The normalized spacial score (nSPS) is 11.2. The van der Waals surface area contributed by atoms with Gasteiger partial charge in [0.2, 0.25) is 0 Å². The van der Waals surface area contributed by atoms with Crippen LogP contribution < -0.4 is 20.9 Å². The van der Waals surface area contributed by atoms with Crippen molar-refractivity contribution in [1.29, 1.82) is 0 Å². The Morgan fingerprint density at radius 3 is 2.57 bits per heavy atom. The minimum Gasteiger partial charge on any atom is -0.467 e. The molecule has 196 valence electrons. The second-order valence-corrected chi connectivity index (χ2v) is 9.53. The number of aromatic amines is 1. The number of unbranched alkanes of at least 4 members (excludes halogenated alkanes) is 1. The van der Waals surface area contributed by atoms with Crippen molar-refractivity contribution in [3.8, 4) is 6.01 Å². The molecule has 2 heterocycles. The summed E-state index contributed by atoms with van der Waals surface area (Å²) in [7, 11) is 1.39. The molecule has 0 atom stereocenters. The highest BCUT2D eigenvalue weighted by molar-refractivity contribution is 6.34. The topological polar surface area (TPSA) is 152 Å². The van der Waals surface area contributed by atoms with Crippen molar-refractivity contribution >= 4 is 46.1 Å². The summed E-state index contributed by atoms with van der Waals surface area (Å²) >= 11 is 6.21. The van der Waals surface area contributed by atoms with E-state index < -0.39 is 17.1 Å². The molecule has 2 amide bonds. The number of nitrogens with zero attached hydrogens (tertiary/aromatic N) is 2. The zero-order valence-corrected chi connectivity index (χ0v) is 21.7. The molecule has 1 aromatic carbocycles. The summed E-state index contributed by atoms with van der Waals surface area (Å²) in [5, 5.41) is 5.95. The lowest BCUT2D eigenvalue weighted by Crippen LogP contribution is -2.26. The van der Waals surface area contributed by atoms with Crippen LogP contribution in [0.1, 0.15) is 60.7 Å². The highest BCUT2D eigenvalue weighted by Crippen LogP contribution is 2.24. The highest BCUT2D eigenvalue weighted by Gasteiger charge is 2.17. The number of aromatic nitrogens is 3. The molecule has 3 N–H and O–H groups in total. The van der Waals surface area contributed by atoms with Crippen molar-refractivity contribution in [3.63, 3.8) is 0 Å². The number of hydrogen-bond donors (Lipinski definition) is 3. The first-order valence-corrected chi connectivity index (χ1v) is 11.9. The van der Waals surface area contributed by atoms with Crippen LogP contribution in [-0.4, -0.2) is 52.0 Å². The Morgan fingerprint density at radius 1 is 1.11 bits per heavy atom. The van der Waals surface area contributed by atoms with Gasteiger partial charge in [0, 0.05) is 30.1 Å². The van der Waals surface area contributed by atoms with Crippen molar-refractivity contribution in [2.45, 2.75) is 45.6 Å². The number of fused-ring (bicyclic) bond motifs is 1. The number of nitrogens with one attached hydrogen (secondary N) is 3. The molecule has 0 radical (unpaired) electrons. The fourth-order valence-corrected chi connectivity index (χ4v) is 3.45. The Bertz CT molecular complexity index is 1380. The maximum atomic E-state index is 12.8. The number of anilines is 1. The smallest absolute Gasteiger partial charge is 0.318 e. The average Bonchev–Trinajstić information content (AvgIpc) is 2.83. The molecule has 0 saturated carbocycles. The average molecular weight is 530 g/mol. The zero-order chi connectivity index (χ0) is 27.2. The van der Waals surface area contributed by atoms with Gasteiger partial charge in [-0.2, -0.15) is 4.98 Å². The van der Waals surface area contributed by atoms with Gasteiger partial charge in [0.1, 0.15) is 16.8 Å². The summed E-state index contributed by atoms with van der Waals surface area (Å²) in [5.41, 5.74) is -0.734. The molecule has 3 aromatic rings. The maximum absolute atomic E-state index is 12.8. The number of rotatable bonds is 9. The van der Waals surface area contributed by atoms with Crippen LogP contribution in [0.15, 0.2) is 35.3 Å². The van der Waals surface area contributed by atoms with Crippen LogP contribution in [0.4, 0.5) is 5.69 Å². The Balaban J connectivity index is 1.61. The van der Waals surface area contributed by atoms with Gasteiger partial charge in [-0.1, -0.05) is 11.6 Å². The van der Waals surface area contributed by atoms with E-state index in [0.717, 1.165) is 0 Å². The Labute approximate surface area is 217 Å². The van der Waals surface area contributed by atoms with Crippen LogP contribution >= 0.6 is 11.6 Å². The number of pyridine rings is 1. The van der Waals surface area contributed by atoms with E-state index in [1.807, 2.05) is 0 Å². The second kappa shape index (κ2) is 11.8. The summed E-state index contributed by atoms with van der Waals surface area (Å²) in [5.74, 6) is -1.38. The minimum atomic E-state index is -0.722. The first-order valence-electron chi connectivity index (χ1n) is 11.5. The van der Waals surface area contributed by atoms with Crippen molar-refractivity contribution in [2.24, 2.45) is 0 Å². The number of esters is 1. The number of carbonyl (C=O) groups excluding carboxylic acids is 3. The largest absolute Gasteiger partial charge is 0.467 e. The monoisotopic (exact) mass is 529 g/mol. The molecule has 0 saturated heterocycles. The predicted octanol–water partition coefficient (Wildman–Crippen LogP) is 3.47. The van der Waals surface area contributed by atoms with Gasteiger partial charge in [-0.05, 0) is 57.9 Å². The van der Waals surface area contributed by atoms with Gasteiger partial charge in [0.15, 0.2) is 0 Å². The van der Waals surface area contributed by atoms with Gasteiger partial charge in [-0.25, -0.2) is 4.98 Å². The lowest BCUT2D eigenvalue weighted by Gasteiger charge is -2.19. The molecule has 0 bridgehead atoms. The van der Waals surface area contributed by atoms with Gasteiger partial charge in [0.25, 0.3) is 17.4 Å².